The summed E-state index contributed by atoms with van der Waals surface area (Å²) in [5, 5.41) is 13.3. The summed E-state index contributed by atoms with van der Waals surface area (Å²) >= 11 is 0. The zero-order valence-electron chi connectivity index (χ0n) is 18.0. The molecule has 1 heterocycles. The number of aliphatic hydroxyl groups excluding tert-OH is 1. The highest BCUT2D eigenvalue weighted by Gasteiger charge is 2.52. The van der Waals surface area contributed by atoms with E-state index in [-0.39, 0.29) is 26.2 Å². The first-order valence-corrected chi connectivity index (χ1v) is 10.7. The van der Waals surface area contributed by atoms with Gasteiger partial charge in [0.1, 0.15) is 5.82 Å². The third kappa shape index (κ3) is 4.94. The molecule has 1 fully saturated rings. The van der Waals surface area contributed by atoms with Gasteiger partial charge in [0, 0.05) is 12.0 Å². The van der Waals surface area contributed by atoms with Gasteiger partial charge in [0.25, 0.3) is 5.91 Å². The number of carbonyl (C=O) groups excluding carboxylic acids is 2. The molecule has 0 saturated carbocycles. The number of rotatable bonds is 9. The molecular weight excluding hydrogens is 423 g/mol. The summed E-state index contributed by atoms with van der Waals surface area (Å²) in [5.74, 6) is -0.828. The zero-order chi connectivity index (χ0) is 23.3. The van der Waals surface area contributed by atoms with Crippen LogP contribution >= 0.6 is 0 Å². The first kappa shape index (κ1) is 22.6. The number of halogens is 1. The lowest BCUT2D eigenvalue weighted by atomic mass is 9.83. The number of carbonyl (C=O) groups is 2. The molecule has 6 nitrogen and oxygen atoms in total. The van der Waals surface area contributed by atoms with Gasteiger partial charge in [-0.15, -0.1) is 0 Å². The van der Waals surface area contributed by atoms with E-state index in [2.05, 4.69) is 5.32 Å². The van der Waals surface area contributed by atoms with Crippen LogP contribution in [0.3, 0.4) is 0 Å². The van der Waals surface area contributed by atoms with Gasteiger partial charge >= 0.3 is 6.03 Å². The van der Waals surface area contributed by atoms with Crippen molar-refractivity contribution in [1.82, 2.24) is 10.2 Å². The number of nitrogens with zero attached hydrogens (tertiary/aromatic N) is 1. The van der Waals surface area contributed by atoms with Crippen LogP contribution < -0.4 is 5.32 Å². The molecule has 3 amide bonds. The fraction of sp³-hybridized carbons (Fsp3) is 0.231. The molecule has 0 radical (unpaired) electrons. The van der Waals surface area contributed by atoms with Crippen LogP contribution in [0.5, 0.6) is 0 Å². The van der Waals surface area contributed by atoms with Crippen molar-refractivity contribution >= 4 is 11.9 Å². The van der Waals surface area contributed by atoms with Crippen LogP contribution in [-0.2, 0) is 28.1 Å². The van der Waals surface area contributed by atoms with Crippen LogP contribution in [0.4, 0.5) is 9.18 Å². The Kier molecular flexibility index (Phi) is 6.82. The predicted octanol–water partition coefficient (Wildman–Crippen LogP) is 3.39. The standard InChI is InChI=1S/C26H25FN2O4/c27-23-14-8-7-11-20(23)17-33-18-22(30)16-29-24(31)26(28-25(29)32,21-12-5-2-6-13-21)15-19-9-3-1-4-10-19/h1-14,22,30H,15-18H2,(H,28,32)/t22-,26-/m1/s1. The molecule has 1 saturated heterocycles. The lowest BCUT2D eigenvalue weighted by Gasteiger charge is -2.28. The van der Waals surface area contributed by atoms with Crippen molar-refractivity contribution in [3.05, 3.63) is 107 Å². The van der Waals surface area contributed by atoms with Crippen molar-refractivity contribution in [2.24, 2.45) is 0 Å². The fourth-order valence-corrected chi connectivity index (χ4v) is 4.02. The van der Waals surface area contributed by atoms with Gasteiger partial charge in [-0.1, -0.05) is 78.9 Å². The van der Waals surface area contributed by atoms with Crippen LogP contribution in [0.2, 0.25) is 0 Å². The number of urea groups is 1. The Bertz CT molecular complexity index is 1110. The minimum atomic E-state index is -1.27. The van der Waals surface area contributed by atoms with E-state index < -0.39 is 29.4 Å². The molecule has 0 bridgehead atoms. The zero-order valence-corrected chi connectivity index (χ0v) is 18.0. The van der Waals surface area contributed by atoms with Gasteiger partial charge < -0.3 is 15.2 Å². The Morgan fingerprint density at radius 1 is 0.939 bits per heavy atom. The predicted molar refractivity (Wildman–Crippen MR) is 121 cm³/mol. The minimum Gasteiger partial charge on any atom is -0.389 e. The van der Waals surface area contributed by atoms with E-state index in [9.17, 15) is 19.1 Å². The van der Waals surface area contributed by atoms with Gasteiger partial charge in [-0.05, 0) is 17.2 Å². The number of benzene rings is 3. The Labute approximate surface area is 191 Å². The van der Waals surface area contributed by atoms with E-state index in [0.717, 1.165) is 10.5 Å². The second-order valence-electron chi connectivity index (χ2n) is 8.04. The number of ether oxygens (including phenoxy) is 1. The first-order valence-electron chi connectivity index (χ1n) is 10.7. The van der Waals surface area contributed by atoms with Crippen molar-refractivity contribution < 1.29 is 23.8 Å². The maximum atomic E-state index is 13.7. The van der Waals surface area contributed by atoms with E-state index >= 15 is 0 Å². The maximum Gasteiger partial charge on any atom is 0.325 e. The maximum absolute atomic E-state index is 13.7. The monoisotopic (exact) mass is 448 g/mol. The Morgan fingerprint density at radius 2 is 1.58 bits per heavy atom. The fourth-order valence-electron chi connectivity index (χ4n) is 4.02. The van der Waals surface area contributed by atoms with Crippen molar-refractivity contribution in [3.63, 3.8) is 0 Å². The third-order valence-electron chi connectivity index (χ3n) is 5.67. The number of amides is 3. The van der Waals surface area contributed by atoms with E-state index in [1.807, 2.05) is 48.5 Å². The highest BCUT2D eigenvalue weighted by Crippen LogP contribution is 2.33. The number of nitrogens with one attached hydrogen (secondary N) is 1. The number of aliphatic hydroxyl groups is 1. The molecule has 3 aromatic carbocycles. The highest BCUT2D eigenvalue weighted by molar-refractivity contribution is 6.07. The molecule has 1 aliphatic heterocycles. The first-order chi connectivity index (χ1) is 16.0. The molecule has 0 spiro atoms. The van der Waals surface area contributed by atoms with Crippen LogP contribution in [0.1, 0.15) is 16.7 Å². The quantitative estimate of drug-likeness (QED) is 0.492. The largest absolute Gasteiger partial charge is 0.389 e. The number of β-amino-alcohol motifs (C(OH)–C–C–N with tert-alkyl or cyclic N) is 1. The summed E-state index contributed by atoms with van der Waals surface area (Å²) in [6.45, 7) is -0.403. The Balaban J connectivity index is 1.47. The normalized spacial score (nSPS) is 18.9. The third-order valence-corrected chi connectivity index (χ3v) is 5.67. The minimum absolute atomic E-state index is 0.0220. The molecule has 33 heavy (non-hydrogen) atoms. The van der Waals surface area contributed by atoms with Crippen LogP contribution in [0.25, 0.3) is 0 Å². The molecule has 7 heteroatoms. The van der Waals surface area contributed by atoms with Gasteiger partial charge in [0.2, 0.25) is 0 Å². The van der Waals surface area contributed by atoms with Crippen molar-refractivity contribution in [3.8, 4) is 0 Å². The van der Waals surface area contributed by atoms with Crippen LogP contribution in [0, 0.1) is 5.82 Å². The lowest BCUT2D eigenvalue weighted by molar-refractivity contribution is -0.133. The molecular formula is C26H25FN2O4. The highest BCUT2D eigenvalue weighted by atomic mass is 19.1. The molecule has 0 aromatic heterocycles. The van der Waals surface area contributed by atoms with Crippen LogP contribution in [-0.4, -0.2) is 41.2 Å². The van der Waals surface area contributed by atoms with Gasteiger partial charge in [-0.2, -0.15) is 0 Å². The number of imide groups is 1. The topological polar surface area (TPSA) is 78.9 Å². The molecule has 3 aromatic rings. The second-order valence-corrected chi connectivity index (χ2v) is 8.04. The summed E-state index contributed by atoms with van der Waals surface area (Å²) in [6, 6.07) is 24.2. The van der Waals surface area contributed by atoms with Crippen molar-refractivity contribution in [1.29, 1.82) is 0 Å². The SMILES string of the molecule is O=C1N[C@](Cc2ccccc2)(c2ccccc2)C(=O)N1C[C@@H](O)COCc1ccccc1F. The van der Waals surface area contributed by atoms with E-state index in [0.29, 0.717) is 11.1 Å². The van der Waals surface area contributed by atoms with Gasteiger partial charge in [0.05, 0.1) is 25.9 Å². The molecule has 0 unspecified atom stereocenters. The molecule has 170 valence electrons. The average molecular weight is 448 g/mol. The summed E-state index contributed by atoms with van der Waals surface area (Å²) in [5.41, 5.74) is 0.657. The van der Waals surface area contributed by atoms with E-state index in [1.165, 1.54) is 6.07 Å². The summed E-state index contributed by atoms with van der Waals surface area (Å²) in [7, 11) is 0. The Morgan fingerprint density at radius 3 is 2.27 bits per heavy atom. The molecule has 4 rings (SSSR count). The van der Waals surface area contributed by atoms with Gasteiger partial charge in [-0.3, -0.25) is 9.69 Å². The number of hydrogen-bond donors (Lipinski definition) is 2. The van der Waals surface area contributed by atoms with Gasteiger partial charge in [0.15, 0.2) is 5.54 Å². The Hall–Kier alpha value is -3.55. The van der Waals surface area contributed by atoms with E-state index in [4.69, 9.17) is 4.74 Å². The van der Waals surface area contributed by atoms with Gasteiger partial charge in [-0.25, -0.2) is 9.18 Å². The van der Waals surface area contributed by atoms with Crippen molar-refractivity contribution in [2.75, 3.05) is 13.2 Å². The summed E-state index contributed by atoms with van der Waals surface area (Å²) in [6.07, 6.45) is -0.839. The molecule has 1 aliphatic rings. The number of hydrogen-bond acceptors (Lipinski definition) is 4. The average Bonchev–Trinajstić information content (AvgIpc) is 3.06. The smallest absolute Gasteiger partial charge is 0.325 e. The summed E-state index contributed by atoms with van der Waals surface area (Å²) in [4.78, 5) is 27.4. The van der Waals surface area contributed by atoms with Crippen molar-refractivity contribution in [2.45, 2.75) is 24.7 Å². The van der Waals surface area contributed by atoms with Crippen LogP contribution in [0.15, 0.2) is 84.9 Å². The molecule has 2 N–H and O–H groups in total. The molecule has 0 aliphatic carbocycles. The summed E-state index contributed by atoms with van der Waals surface area (Å²) < 4.78 is 19.1. The lowest BCUT2D eigenvalue weighted by Crippen LogP contribution is -2.46. The molecule has 2 atom stereocenters. The van der Waals surface area contributed by atoms with E-state index in [1.54, 1.807) is 30.3 Å². The second kappa shape index (κ2) is 9.94.